The SMILES string of the molecule is CC(O)CCNC1=NCCN1C. The Labute approximate surface area is 73.3 Å². The largest absolute Gasteiger partial charge is 0.393 e. The van der Waals surface area contributed by atoms with Crippen LogP contribution in [0, 0.1) is 0 Å². The zero-order chi connectivity index (χ0) is 8.97. The molecule has 0 radical (unpaired) electrons. The van der Waals surface area contributed by atoms with Gasteiger partial charge in [0.25, 0.3) is 0 Å². The molecule has 1 aliphatic heterocycles. The second-order valence-corrected chi connectivity index (χ2v) is 3.19. The van der Waals surface area contributed by atoms with Crippen molar-refractivity contribution >= 4 is 5.96 Å². The predicted molar refractivity (Wildman–Crippen MR) is 49.2 cm³/mol. The molecule has 4 nitrogen and oxygen atoms in total. The van der Waals surface area contributed by atoms with E-state index in [0.717, 1.165) is 32.0 Å². The number of aliphatic hydroxyl groups is 1. The maximum Gasteiger partial charge on any atom is 0.193 e. The number of hydrogen-bond donors (Lipinski definition) is 2. The molecule has 70 valence electrons. The summed E-state index contributed by atoms with van der Waals surface area (Å²) in [5.41, 5.74) is 0. The fourth-order valence-corrected chi connectivity index (χ4v) is 1.12. The highest BCUT2D eigenvalue weighted by molar-refractivity contribution is 5.81. The maximum absolute atomic E-state index is 9.00. The van der Waals surface area contributed by atoms with Gasteiger partial charge in [-0.05, 0) is 13.3 Å². The van der Waals surface area contributed by atoms with Gasteiger partial charge in [0, 0.05) is 20.1 Å². The van der Waals surface area contributed by atoms with Crippen molar-refractivity contribution in [2.24, 2.45) is 4.99 Å². The van der Waals surface area contributed by atoms with Crippen LogP contribution in [0.2, 0.25) is 0 Å². The minimum Gasteiger partial charge on any atom is -0.393 e. The van der Waals surface area contributed by atoms with Crippen LogP contribution in [0.3, 0.4) is 0 Å². The van der Waals surface area contributed by atoms with E-state index in [1.165, 1.54) is 0 Å². The summed E-state index contributed by atoms with van der Waals surface area (Å²) in [7, 11) is 2.02. The van der Waals surface area contributed by atoms with Crippen molar-refractivity contribution in [3.63, 3.8) is 0 Å². The van der Waals surface area contributed by atoms with Crippen molar-refractivity contribution in [1.29, 1.82) is 0 Å². The van der Waals surface area contributed by atoms with Crippen LogP contribution >= 0.6 is 0 Å². The van der Waals surface area contributed by atoms with Crippen LogP contribution in [-0.4, -0.2) is 48.8 Å². The Morgan fingerprint density at radius 3 is 3.00 bits per heavy atom. The summed E-state index contributed by atoms with van der Waals surface area (Å²) in [4.78, 5) is 6.35. The first-order valence-corrected chi connectivity index (χ1v) is 4.37. The van der Waals surface area contributed by atoms with Crippen molar-refractivity contribution in [1.82, 2.24) is 10.2 Å². The van der Waals surface area contributed by atoms with Crippen molar-refractivity contribution in [3.05, 3.63) is 0 Å². The molecule has 0 aromatic carbocycles. The molecule has 1 heterocycles. The highest BCUT2D eigenvalue weighted by Gasteiger charge is 2.10. The van der Waals surface area contributed by atoms with Crippen molar-refractivity contribution in [3.8, 4) is 0 Å². The summed E-state index contributed by atoms with van der Waals surface area (Å²) < 4.78 is 0. The smallest absolute Gasteiger partial charge is 0.193 e. The molecule has 0 spiro atoms. The molecule has 0 fully saturated rings. The molecule has 2 N–H and O–H groups in total. The summed E-state index contributed by atoms with van der Waals surface area (Å²) in [5, 5.41) is 12.2. The molecule has 1 unspecified atom stereocenters. The van der Waals surface area contributed by atoms with E-state index in [0.29, 0.717) is 0 Å². The molecule has 0 amide bonds. The average Bonchev–Trinajstić information content (AvgIpc) is 2.36. The summed E-state index contributed by atoms with van der Waals surface area (Å²) in [6, 6.07) is 0. The molecule has 0 aromatic rings. The molecule has 4 heteroatoms. The van der Waals surface area contributed by atoms with Gasteiger partial charge in [-0.3, -0.25) is 4.99 Å². The predicted octanol–water partition coefficient (Wildman–Crippen LogP) is -0.352. The molecule has 12 heavy (non-hydrogen) atoms. The lowest BCUT2D eigenvalue weighted by atomic mass is 10.3. The molecule has 0 aliphatic carbocycles. The third kappa shape index (κ3) is 2.70. The van der Waals surface area contributed by atoms with E-state index in [1.54, 1.807) is 6.92 Å². The monoisotopic (exact) mass is 171 g/mol. The van der Waals surface area contributed by atoms with Gasteiger partial charge in [-0.15, -0.1) is 0 Å². The fraction of sp³-hybridized carbons (Fsp3) is 0.875. The number of guanidine groups is 1. The number of nitrogens with zero attached hydrogens (tertiary/aromatic N) is 2. The Morgan fingerprint density at radius 1 is 1.75 bits per heavy atom. The molecule has 1 atom stereocenters. The summed E-state index contributed by atoms with van der Waals surface area (Å²) >= 11 is 0. The molecule has 0 saturated heterocycles. The number of rotatable bonds is 3. The maximum atomic E-state index is 9.00. The van der Waals surface area contributed by atoms with E-state index in [1.807, 2.05) is 7.05 Å². The third-order valence-corrected chi connectivity index (χ3v) is 1.90. The molecule has 0 aromatic heterocycles. The lowest BCUT2D eigenvalue weighted by Crippen LogP contribution is -2.36. The zero-order valence-electron chi connectivity index (χ0n) is 7.75. The fourth-order valence-electron chi connectivity index (χ4n) is 1.12. The second-order valence-electron chi connectivity index (χ2n) is 3.19. The van der Waals surface area contributed by atoms with Gasteiger partial charge in [0.1, 0.15) is 0 Å². The number of aliphatic imine (C=N–C) groups is 1. The summed E-state index contributed by atoms with van der Waals surface area (Å²) in [5.74, 6) is 0.954. The lowest BCUT2D eigenvalue weighted by Gasteiger charge is -2.15. The van der Waals surface area contributed by atoms with Gasteiger partial charge in [-0.2, -0.15) is 0 Å². The summed E-state index contributed by atoms with van der Waals surface area (Å²) in [6.45, 7) is 4.47. The zero-order valence-corrected chi connectivity index (χ0v) is 7.75. The van der Waals surface area contributed by atoms with Gasteiger partial charge in [0.05, 0.1) is 12.6 Å². The van der Waals surface area contributed by atoms with Crippen LogP contribution in [0.25, 0.3) is 0 Å². The van der Waals surface area contributed by atoms with E-state index < -0.39 is 0 Å². The van der Waals surface area contributed by atoms with Gasteiger partial charge >= 0.3 is 0 Å². The number of aliphatic hydroxyl groups excluding tert-OH is 1. The minimum absolute atomic E-state index is 0.232. The topological polar surface area (TPSA) is 47.9 Å². The Morgan fingerprint density at radius 2 is 2.50 bits per heavy atom. The average molecular weight is 171 g/mol. The normalized spacial score (nSPS) is 19.2. The van der Waals surface area contributed by atoms with Gasteiger partial charge in [-0.25, -0.2) is 0 Å². The van der Waals surface area contributed by atoms with E-state index in [2.05, 4.69) is 15.2 Å². The van der Waals surface area contributed by atoms with Crippen LogP contribution in [0.5, 0.6) is 0 Å². The highest BCUT2D eigenvalue weighted by atomic mass is 16.3. The van der Waals surface area contributed by atoms with Crippen LogP contribution in [0.4, 0.5) is 0 Å². The van der Waals surface area contributed by atoms with Gasteiger partial charge < -0.3 is 15.3 Å². The van der Waals surface area contributed by atoms with Crippen LogP contribution in [0.15, 0.2) is 4.99 Å². The number of nitrogens with one attached hydrogen (secondary N) is 1. The van der Waals surface area contributed by atoms with Crippen LogP contribution in [-0.2, 0) is 0 Å². The quantitative estimate of drug-likeness (QED) is 0.610. The third-order valence-electron chi connectivity index (χ3n) is 1.90. The first-order chi connectivity index (χ1) is 5.70. The van der Waals surface area contributed by atoms with E-state index in [9.17, 15) is 0 Å². The molecular formula is C8H17N3O. The Hall–Kier alpha value is -0.770. The van der Waals surface area contributed by atoms with Gasteiger partial charge in [-0.1, -0.05) is 0 Å². The van der Waals surface area contributed by atoms with Crippen molar-refractivity contribution in [2.75, 3.05) is 26.7 Å². The second kappa shape index (κ2) is 4.30. The van der Waals surface area contributed by atoms with Crippen LogP contribution < -0.4 is 5.32 Å². The molecule has 1 rings (SSSR count). The van der Waals surface area contributed by atoms with Crippen molar-refractivity contribution in [2.45, 2.75) is 19.4 Å². The van der Waals surface area contributed by atoms with E-state index >= 15 is 0 Å². The van der Waals surface area contributed by atoms with Crippen molar-refractivity contribution < 1.29 is 5.11 Å². The number of likely N-dealkylation sites (N-methyl/N-ethyl adjacent to an activating group) is 1. The molecular weight excluding hydrogens is 154 g/mol. The lowest BCUT2D eigenvalue weighted by molar-refractivity contribution is 0.185. The highest BCUT2D eigenvalue weighted by Crippen LogP contribution is 1.95. The molecule has 0 bridgehead atoms. The Balaban J connectivity index is 2.14. The van der Waals surface area contributed by atoms with Gasteiger partial charge in [0.15, 0.2) is 5.96 Å². The summed E-state index contributed by atoms with van der Waals surface area (Å²) in [6.07, 6.45) is 0.539. The first-order valence-electron chi connectivity index (χ1n) is 4.37. The molecule has 1 aliphatic rings. The standard InChI is InChI=1S/C8H17N3O/c1-7(12)3-4-9-8-10-5-6-11(8)2/h7,12H,3-6H2,1-2H3,(H,9,10). The van der Waals surface area contributed by atoms with Gasteiger partial charge in [0.2, 0.25) is 0 Å². The number of hydrogen-bond acceptors (Lipinski definition) is 4. The first kappa shape index (κ1) is 9.32. The van der Waals surface area contributed by atoms with E-state index in [-0.39, 0.29) is 6.10 Å². The molecule has 0 saturated carbocycles. The van der Waals surface area contributed by atoms with E-state index in [4.69, 9.17) is 5.11 Å². The minimum atomic E-state index is -0.232. The Bertz CT molecular complexity index is 168. The van der Waals surface area contributed by atoms with Crippen LogP contribution in [0.1, 0.15) is 13.3 Å². The Kier molecular flexibility index (Phi) is 3.34.